The van der Waals surface area contributed by atoms with Crippen LogP contribution in [0.4, 0.5) is 0 Å². The lowest BCUT2D eigenvalue weighted by atomic mass is 10.0. The average Bonchev–Trinajstić information content (AvgIpc) is 2.60. The minimum absolute atomic E-state index is 0.147. The highest BCUT2D eigenvalue weighted by Crippen LogP contribution is 2.17. The van der Waals surface area contributed by atoms with Crippen molar-refractivity contribution in [2.75, 3.05) is 12.3 Å². The normalized spacial score (nSPS) is 10.8. The standard InChI is InChI=1S/C21H27NOS/c1-17(2)19-12-10-18(11-13-19)7-6-15-22-21(23)14-16-24-20-8-4-3-5-9-20/h3-5,8-13,17H,6-7,14-16H2,1-2H3,(H,22,23). The maximum Gasteiger partial charge on any atom is 0.220 e. The van der Waals surface area contributed by atoms with Gasteiger partial charge < -0.3 is 5.32 Å². The largest absolute Gasteiger partial charge is 0.356 e. The topological polar surface area (TPSA) is 29.1 Å². The van der Waals surface area contributed by atoms with Crippen molar-refractivity contribution >= 4 is 17.7 Å². The molecule has 2 aromatic rings. The summed E-state index contributed by atoms with van der Waals surface area (Å²) in [6.45, 7) is 5.17. The molecule has 128 valence electrons. The minimum atomic E-state index is 0.147. The van der Waals surface area contributed by atoms with Gasteiger partial charge in [0.1, 0.15) is 0 Å². The maximum absolute atomic E-state index is 11.8. The van der Waals surface area contributed by atoms with Gasteiger partial charge in [0.2, 0.25) is 5.91 Å². The van der Waals surface area contributed by atoms with Crippen LogP contribution in [-0.4, -0.2) is 18.2 Å². The highest BCUT2D eigenvalue weighted by molar-refractivity contribution is 7.99. The molecular weight excluding hydrogens is 314 g/mol. The predicted molar refractivity (Wildman–Crippen MR) is 104 cm³/mol. The molecule has 0 fully saturated rings. The first-order chi connectivity index (χ1) is 11.6. The quantitative estimate of drug-likeness (QED) is 0.511. The van der Waals surface area contributed by atoms with Crippen LogP contribution >= 0.6 is 11.8 Å². The van der Waals surface area contributed by atoms with Gasteiger partial charge in [0.15, 0.2) is 0 Å². The van der Waals surface area contributed by atoms with E-state index in [-0.39, 0.29) is 5.91 Å². The fraction of sp³-hybridized carbons (Fsp3) is 0.381. The number of rotatable bonds is 9. The van der Waals surface area contributed by atoms with E-state index in [1.165, 1.54) is 16.0 Å². The van der Waals surface area contributed by atoms with Crippen LogP contribution in [0, 0.1) is 0 Å². The monoisotopic (exact) mass is 341 g/mol. The Morgan fingerprint density at radius 3 is 2.42 bits per heavy atom. The molecule has 2 nitrogen and oxygen atoms in total. The smallest absolute Gasteiger partial charge is 0.220 e. The van der Waals surface area contributed by atoms with E-state index in [9.17, 15) is 4.79 Å². The number of benzene rings is 2. The average molecular weight is 342 g/mol. The predicted octanol–water partition coefficient (Wildman–Crippen LogP) is 5.04. The molecule has 0 aliphatic rings. The molecule has 0 spiro atoms. The van der Waals surface area contributed by atoms with E-state index in [0.717, 1.165) is 25.1 Å². The third-order valence-electron chi connectivity index (χ3n) is 3.95. The molecule has 0 atom stereocenters. The third kappa shape index (κ3) is 6.79. The first kappa shape index (κ1) is 18.6. The van der Waals surface area contributed by atoms with E-state index >= 15 is 0 Å². The van der Waals surface area contributed by atoms with Crippen LogP contribution in [0.3, 0.4) is 0 Å². The summed E-state index contributed by atoms with van der Waals surface area (Å²) >= 11 is 1.73. The Hall–Kier alpha value is -1.74. The SMILES string of the molecule is CC(C)c1ccc(CCCNC(=O)CCSc2ccccc2)cc1. The molecule has 0 aliphatic carbocycles. The van der Waals surface area contributed by atoms with Crippen LogP contribution in [0.2, 0.25) is 0 Å². The highest BCUT2D eigenvalue weighted by atomic mass is 32.2. The van der Waals surface area contributed by atoms with Gasteiger partial charge in [-0.05, 0) is 42.0 Å². The summed E-state index contributed by atoms with van der Waals surface area (Å²) in [4.78, 5) is 13.1. The van der Waals surface area contributed by atoms with E-state index in [1.807, 2.05) is 18.2 Å². The van der Waals surface area contributed by atoms with Crippen LogP contribution in [0.25, 0.3) is 0 Å². The molecule has 0 aromatic heterocycles. The van der Waals surface area contributed by atoms with Gasteiger partial charge in [0.05, 0.1) is 0 Å². The first-order valence-corrected chi connectivity index (χ1v) is 9.67. The Bertz CT molecular complexity index is 607. The lowest BCUT2D eigenvalue weighted by Crippen LogP contribution is -2.24. The van der Waals surface area contributed by atoms with Gasteiger partial charge in [-0.25, -0.2) is 0 Å². The molecule has 0 saturated heterocycles. The second kappa shape index (κ2) is 10.2. The second-order valence-corrected chi connectivity index (χ2v) is 7.43. The fourth-order valence-electron chi connectivity index (χ4n) is 2.46. The molecule has 0 heterocycles. The summed E-state index contributed by atoms with van der Waals surface area (Å²) in [5.41, 5.74) is 2.72. The molecule has 1 N–H and O–H groups in total. The molecule has 0 bridgehead atoms. The van der Waals surface area contributed by atoms with Crippen LogP contribution in [0.15, 0.2) is 59.5 Å². The van der Waals surface area contributed by atoms with Crippen LogP contribution < -0.4 is 5.32 Å². The van der Waals surface area contributed by atoms with E-state index in [2.05, 4.69) is 55.6 Å². The Kier molecular flexibility index (Phi) is 7.90. The number of nitrogens with one attached hydrogen (secondary N) is 1. The number of thioether (sulfide) groups is 1. The van der Waals surface area contributed by atoms with Crippen LogP contribution in [0.5, 0.6) is 0 Å². The van der Waals surface area contributed by atoms with Crippen molar-refractivity contribution in [1.29, 1.82) is 0 Å². The Balaban J connectivity index is 1.57. The third-order valence-corrected chi connectivity index (χ3v) is 4.97. The van der Waals surface area contributed by atoms with Crippen molar-refractivity contribution in [3.05, 3.63) is 65.7 Å². The van der Waals surface area contributed by atoms with Gasteiger partial charge in [0.25, 0.3) is 0 Å². The summed E-state index contributed by atoms with van der Waals surface area (Å²) in [7, 11) is 0. The molecule has 2 rings (SSSR count). The number of amides is 1. The van der Waals surface area contributed by atoms with Crippen molar-refractivity contribution in [2.24, 2.45) is 0 Å². The molecule has 1 amide bonds. The summed E-state index contributed by atoms with van der Waals surface area (Å²) in [5, 5.41) is 3.02. The van der Waals surface area contributed by atoms with E-state index in [1.54, 1.807) is 11.8 Å². The van der Waals surface area contributed by atoms with Crippen LogP contribution in [0.1, 0.15) is 43.7 Å². The number of carbonyl (C=O) groups excluding carboxylic acids is 1. The highest BCUT2D eigenvalue weighted by Gasteiger charge is 2.02. The van der Waals surface area contributed by atoms with Gasteiger partial charge >= 0.3 is 0 Å². The Morgan fingerprint density at radius 1 is 1.04 bits per heavy atom. The van der Waals surface area contributed by atoms with E-state index in [0.29, 0.717) is 12.3 Å². The molecule has 0 saturated carbocycles. The first-order valence-electron chi connectivity index (χ1n) is 8.68. The fourth-order valence-corrected chi connectivity index (χ4v) is 3.33. The Morgan fingerprint density at radius 2 is 1.75 bits per heavy atom. The van der Waals surface area contributed by atoms with Gasteiger partial charge in [-0.2, -0.15) is 0 Å². The lowest BCUT2D eigenvalue weighted by Gasteiger charge is -2.08. The molecule has 3 heteroatoms. The van der Waals surface area contributed by atoms with Crippen molar-refractivity contribution in [3.8, 4) is 0 Å². The zero-order valence-electron chi connectivity index (χ0n) is 14.6. The lowest BCUT2D eigenvalue weighted by molar-refractivity contribution is -0.120. The van der Waals surface area contributed by atoms with Crippen molar-refractivity contribution in [3.63, 3.8) is 0 Å². The summed E-state index contributed by atoms with van der Waals surface area (Å²) in [5.74, 6) is 1.55. The van der Waals surface area contributed by atoms with Gasteiger partial charge in [-0.1, -0.05) is 56.3 Å². The van der Waals surface area contributed by atoms with Crippen molar-refractivity contribution < 1.29 is 4.79 Å². The molecule has 0 unspecified atom stereocenters. The van der Waals surface area contributed by atoms with Gasteiger partial charge in [0, 0.05) is 23.6 Å². The number of hydrogen-bond donors (Lipinski definition) is 1. The minimum Gasteiger partial charge on any atom is -0.356 e. The zero-order valence-corrected chi connectivity index (χ0v) is 15.4. The van der Waals surface area contributed by atoms with Crippen LogP contribution in [-0.2, 0) is 11.2 Å². The molecule has 0 aliphatic heterocycles. The summed E-state index contributed by atoms with van der Waals surface area (Å²) < 4.78 is 0. The Labute approximate surface area is 150 Å². The van der Waals surface area contributed by atoms with E-state index < -0.39 is 0 Å². The van der Waals surface area contributed by atoms with Crippen molar-refractivity contribution in [1.82, 2.24) is 5.32 Å². The second-order valence-electron chi connectivity index (χ2n) is 6.26. The van der Waals surface area contributed by atoms with E-state index in [4.69, 9.17) is 0 Å². The molecule has 0 radical (unpaired) electrons. The van der Waals surface area contributed by atoms with Crippen molar-refractivity contribution in [2.45, 2.75) is 43.9 Å². The summed E-state index contributed by atoms with van der Waals surface area (Å²) in [6, 6.07) is 19.0. The van der Waals surface area contributed by atoms with Gasteiger partial charge in [-0.3, -0.25) is 4.79 Å². The van der Waals surface area contributed by atoms with Gasteiger partial charge in [-0.15, -0.1) is 11.8 Å². The molecule has 2 aromatic carbocycles. The molecule has 24 heavy (non-hydrogen) atoms. The molecular formula is C21H27NOS. The zero-order chi connectivity index (χ0) is 17.2. The number of hydrogen-bond acceptors (Lipinski definition) is 2. The number of carbonyl (C=O) groups is 1. The number of aryl methyl sites for hydroxylation is 1. The summed E-state index contributed by atoms with van der Waals surface area (Å²) in [6.07, 6.45) is 2.57. The maximum atomic E-state index is 11.8.